The van der Waals surface area contributed by atoms with Crippen LogP contribution in [0.3, 0.4) is 0 Å². The van der Waals surface area contributed by atoms with Crippen LogP contribution in [-0.2, 0) is 20.7 Å². The SMILES string of the molecule is Cn1cc(OCc2nccn2C)cn1. The van der Waals surface area contributed by atoms with Crippen LogP contribution in [0.25, 0.3) is 0 Å². The maximum Gasteiger partial charge on any atom is 0.157 e. The lowest BCUT2D eigenvalue weighted by atomic mass is 10.6. The molecule has 2 aromatic rings. The van der Waals surface area contributed by atoms with Crippen molar-refractivity contribution >= 4 is 0 Å². The first-order valence-electron chi connectivity index (χ1n) is 4.33. The number of hydrogen-bond donors (Lipinski definition) is 0. The number of aromatic nitrogens is 4. The molecule has 0 amide bonds. The molecule has 0 aliphatic heterocycles. The zero-order valence-electron chi connectivity index (χ0n) is 8.21. The molecule has 5 nitrogen and oxygen atoms in total. The van der Waals surface area contributed by atoms with Gasteiger partial charge in [-0.25, -0.2) is 4.98 Å². The van der Waals surface area contributed by atoms with Gasteiger partial charge < -0.3 is 9.30 Å². The molecule has 0 atom stereocenters. The van der Waals surface area contributed by atoms with Crippen molar-refractivity contribution < 1.29 is 4.74 Å². The highest BCUT2D eigenvalue weighted by Gasteiger charge is 2.01. The molecule has 0 spiro atoms. The number of aryl methyl sites for hydroxylation is 2. The molecule has 0 fully saturated rings. The lowest BCUT2D eigenvalue weighted by Gasteiger charge is -2.02. The predicted molar refractivity (Wildman–Crippen MR) is 50.7 cm³/mol. The fourth-order valence-corrected chi connectivity index (χ4v) is 1.16. The third-order valence-corrected chi connectivity index (χ3v) is 1.97. The van der Waals surface area contributed by atoms with Crippen molar-refractivity contribution in [3.8, 4) is 5.75 Å². The Morgan fingerprint density at radius 1 is 1.43 bits per heavy atom. The molecular weight excluding hydrogens is 180 g/mol. The summed E-state index contributed by atoms with van der Waals surface area (Å²) in [6.07, 6.45) is 7.15. The molecule has 0 unspecified atom stereocenters. The molecule has 0 radical (unpaired) electrons. The summed E-state index contributed by atoms with van der Waals surface area (Å²) in [5, 5.41) is 4.00. The molecule has 2 aromatic heterocycles. The van der Waals surface area contributed by atoms with Crippen LogP contribution in [0.15, 0.2) is 24.8 Å². The van der Waals surface area contributed by atoms with Gasteiger partial charge in [-0.15, -0.1) is 0 Å². The van der Waals surface area contributed by atoms with Gasteiger partial charge in [-0.3, -0.25) is 4.68 Å². The lowest BCUT2D eigenvalue weighted by Crippen LogP contribution is -2.02. The van der Waals surface area contributed by atoms with Gasteiger partial charge in [0.25, 0.3) is 0 Å². The molecule has 74 valence electrons. The molecular formula is C9H12N4O. The second kappa shape index (κ2) is 3.53. The van der Waals surface area contributed by atoms with E-state index < -0.39 is 0 Å². The molecule has 5 heteroatoms. The van der Waals surface area contributed by atoms with E-state index in [1.165, 1.54) is 0 Å². The van der Waals surface area contributed by atoms with Gasteiger partial charge in [-0.05, 0) is 0 Å². The standard InChI is InChI=1S/C9H12N4O/c1-12-4-3-10-9(12)7-14-8-5-11-13(2)6-8/h3-6H,7H2,1-2H3. The Labute approximate surface area is 81.9 Å². The Bertz CT molecular complexity index is 418. The normalized spacial score (nSPS) is 10.4. The highest BCUT2D eigenvalue weighted by Crippen LogP contribution is 2.09. The average molecular weight is 192 g/mol. The molecule has 14 heavy (non-hydrogen) atoms. The van der Waals surface area contributed by atoms with E-state index in [1.54, 1.807) is 17.1 Å². The maximum atomic E-state index is 5.49. The first-order valence-corrected chi connectivity index (χ1v) is 4.33. The minimum atomic E-state index is 0.467. The smallest absolute Gasteiger partial charge is 0.157 e. The van der Waals surface area contributed by atoms with Crippen LogP contribution in [0.1, 0.15) is 5.82 Å². The second-order valence-corrected chi connectivity index (χ2v) is 3.09. The third kappa shape index (κ3) is 1.76. The zero-order valence-corrected chi connectivity index (χ0v) is 8.21. The van der Waals surface area contributed by atoms with E-state index in [9.17, 15) is 0 Å². The Morgan fingerprint density at radius 3 is 2.86 bits per heavy atom. The molecule has 0 saturated carbocycles. The number of nitrogens with zero attached hydrogens (tertiary/aromatic N) is 4. The fraction of sp³-hybridized carbons (Fsp3) is 0.333. The van der Waals surface area contributed by atoms with Crippen molar-refractivity contribution in [1.29, 1.82) is 0 Å². The summed E-state index contributed by atoms with van der Waals surface area (Å²) in [5.41, 5.74) is 0. The van der Waals surface area contributed by atoms with Crippen LogP contribution in [0.2, 0.25) is 0 Å². The van der Waals surface area contributed by atoms with Crippen molar-refractivity contribution in [2.75, 3.05) is 0 Å². The number of imidazole rings is 1. The Morgan fingerprint density at radius 2 is 2.29 bits per heavy atom. The van der Waals surface area contributed by atoms with Gasteiger partial charge in [0.15, 0.2) is 5.75 Å². The summed E-state index contributed by atoms with van der Waals surface area (Å²) in [6, 6.07) is 0. The van der Waals surface area contributed by atoms with E-state index >= 15 is 0 Å². The number of hydrogen-bond acceptors (Lipinski definition) is 3. The zero-order chi connectivity index (χ0) is 9.97. The van der Waals surface area contributed by atoms with Gasteiger partial charge in [-0.2, -0.15) is 5.10 Å². The quantitative estimate of drug-likeness (QED) is 0.720. The van der Waals surface area contributed by atoms with Crippen LogP contribution in [-0.4, -0.2) is 19.3 Å². The first-order chi connectivity index (χ1) is 6.75. The fourth-order valence-electron chi connectivity index (χ4n) is 1.16. The Hall–Kier alpha value is -1.78. The Balaban J connectivity index is 1.98. The van der Waals surface area contributed by atoms with Crippen molar-refractivity contribution in [2.24, 2.45) is 14.1 Å². The second-order valence-electron chi connectivity index (χ2n) is 3.09. The third-order valence-electron chi connectivity index (χ3n) is 1.97. The van der Waals surface area contributed by atoms with Crippen LogP contribution < -0.4 is 4.74 Å². The van der Waals surface area contributed by atoms with Gasteiger partial charge >= 0.3 is 0 Å². The lowest BCUT2D eigenvalue weighted by molar-refractivity contribution is 0.291. The van der Waals surface area contributed by atoms with Crippen LogP contribution in [0.4, 0.5) is 0 Å². The molecule has 0 aromatic carbocycles. The summed E-state index contributed by atoms with van der Waals surface area (Å²) in [7, 11) is 3.79. The average Bonchev–Trinajstić information content (AvgIpc) is 2.72. The van der Waals surface area contributed by atoms with Crippen molar-refractivity contribution in [3.63, 3.8) is 0 Å². The van der Waals surface area contributed by atoms with E-state index in [1.807, 2.05) is 31.1 Å². The predicted octanol–water partition coefficient (Wildman–Crippen LogP) is 0.733. The van der Waals surface area contributed by atoms with Gasteiger partial charge in [0, 0.05) is 26.5 Å². The molecule has 2 heterocycles. The minimum Gasteiger partial charge on any atom is -0.482 e. The van der Waals surface area contributed by atoms with E-state index in [-0.39, 0.29) is 0 Å². The van der Waals surface area contributed by atoms with E-state index in [0.717, 1.165) is 11.6 Å². The summed E-state index contributed by atoms with van der Waals surface area (Å²) in [6.45, 7) is 0.467. The molecule has 0 N–H and O–H groups in total. The summed E-state index contributed by atoms with van der Waals surface area (Å²) in [4.78, 5) is 4.15. The van der Waals surface area contributed by atoms with Crippen molar-refractivity contribution in [2.45, 2.75) is 6.61 Å². The van der Waals surface area contributed by atoms with E-state index in [0.29, 0.717) is 6.61 Å². The molecule has 0 aliphatic carbocycles. The van der Waals surface area contributed by atoms with Gasteiger partial charge in [0.1, 0.15) is 12.4 Å². The minimum absolute atomic E-state index is 0.467. The highest BCUT2D eigenvalue weighted by molar-refractivity contribution is 5.11. The van der Waals surface area contributed by atoms with Gasteiger partial charge in [-0.1, -0.05) is 0 Å². The summed E-state index contributed by atoms with van der Waals surface area (Å²) in [5.74, 6) is 1.66. The largest absolute Gasteiger partial charge is 0.482 e. The molecule has 0 aliphatic rings. The van der Waals surface area contributed by atoms with Gasteiger partial charge in [0.05, 0.1) is 12.4 Å². The monoisotopic (exact) mass is 192 g/mol. The number of rotatable bonds is 3. The molecule has 2 rings (SSSR count). The van der Waals surface area contributed by atoms with Crippen molar-refractivity contribution in [3.05, 3.63) is 30.6 Å². The van der Waals surface area contributed by atoms with Crippen LogP contribution >= 0.6 is 0 Å². The number of ether oxygens (including phenoxy) is 1. The summed E-state index contributed by atoms with van der Waals surface area (Å²) < 4.78 is 9.11. The van der Waals surface area contributed by atoms with Crippen LogP contribution in [0, 0.1) is 0 Å². The molecule has 0 saturated heterocycles. The van der Waals surface area contributed by atoms with E-state index in [4.69, 9.17) is 4.74 Å². The van der Waals surface area contributed by atoms with Crippen molar-refractivity contribution in [1.82, 2.24) is 19.3 Å². The summed E-state index contributed by atoms with van der Waals surface area (Å²) >= 11 is 0. The first kappa shape index (κ1) is 8.80. The highest BCUT2D eigenvalue weighted by atomic mass is 16.5. The Kier molecular flexibility index (Phi) is 2.22. The van der Waals surface area contributed by atoms with E-state index in [2.05, 4.69) is 10.1 Å². The topological polar surface area (TPSA) is 44.9 Å². The molecule has 0 bridgehead atoms. The maximum absolute atomic E-state index is 5.49. The van der Waals surface area contributed by atoms with Gasteiger partial charge in [0.2, 0.25) is 0 Å². The van der Waals surface area contributed by atoms with Crippen LogP contribution in [0.5, 0.6) is 5.75 Å².